The fraction of sp³-hybridized carbons (Fsp3) is 0.318. The zero-order valence-electron chi connectivity index (χ0n) is 14.8. The number of hydrogen-bond donors (Lipinski definition) is 1. The average Bonchev–Trinajstić information content (AvgIpc) is 3.37. The second-order valence-corrected chi connectivity index (χ2v) is 7.33. The predicted octanol–water partition coefficient (Wildman–Crippen LogP) is 5.10. The molecule has 4 rings (SSSR count). The number of carbonyl (C=O) groups is 1. The number of amides is 1. The van der Waals surface area contributed by atoms with E-state index in [0.29, 0.717) is 24.2 Å². The van der Waals surface area contributed by atoms with Gasteiger partial charge in [0.25, 0.3) is 5.91 Å². The largest absolute Gasteiger partial charge is 0.351 e. The first kappa shape index (κ1) is 15.9. The number of aromatic amines is 1. The number of hydrogen-bond acceptors (Lipinski definition) is 1. The molecule has 25 heavy (non-hydrogen) atoms. The Hall–Kier alpha value is -2.55. The second kappa shape index (κ2) is 6.40. The van der Waals surface area contributed by atoms with Gasteiger partial charge in [0, 0.05) is 23.5 Å². The molecule has 0 saturated heterocycles. The van der Waals surface area contributed by atoms with Crippen LogP contribution in [0.4, 0.5) is 0 Å². The van der Waals surface area contributed by atoms with Crippen molar-refractivity contribution in [3.63, 3.8) is 0 Å². The first-order valence-corrected chi connectivity index (χ1v) is 9.09. The summed E-state index contributed by atoms with van der Waals surface area (Å²) >= 11 is 0. The highest BCUT2D eigenvalue weighted by atomic mass is 16.2. The number of carbonyl (C=O) groups excluding carboxylic acids is 1. The molecule has 3 nitrogen and oxygen atoms in total. The number of nitrogens with zero attached hydrogens (tertiary/aromatic N) is 1. The fourth-order valence-corrected chi connectivity index (χ4v) is 3.30. The highest BCUT2D eigenvalue weighted by Crippen LogP contribution is 2.30. The minimum atomic E-state index is 0.103. The van der Waals surface area contributed by atoms with Gasteiger partial charge in [0.15, 0.2) is 0 Å². The molecular weight excluding hydrogens is 308 g/mol. The predicted molar refractivity (Wildman–Crippen MR) is 102 cm³/mol. The lowest BCUT2D eigenvalue weighted by Crippen LogP contribution is -2.32. The van der Waals surface area contributed by atoms with Gasteiger partial charge in [0.1, 0.15) is 5.69 Å². The molecule has 1 N–H and O–H groups in total. The Morgan fingerprint density at radius 1 is 1.12 bits per heavy atom. The van der Waals surface area contributed by atoms with Gasteiger partial charge in [-0.2, -0.15) is 0 Å². The molecular formula is C22H24N2O. The number of fused-ring (bicyclic) bond motifs is 1. The fourth-order valence-electron chi connectivity index (χ4n) is 3.30. The van der Waals surface area contributed by atoms with E-state index in [9.17, 15) is 4.79 Å². The maximum atomic E-state index is 13.1. The van der Waals surface area contributed by atoms with E-state index in [1.807, 2.05) is 35.2 Å². The molecule has 1 fully saturated rings. The number of H-pyrrole nitrogens is 1. The van der Waals surface area contributed by atoms with Gasteiger partial charge in [0.2, 0.25) is 0 Å². The van der Waals surface area contributed by atoms with Crippen molar-refractivity contribution >= 4 is 16.8 Å². The normalized spacial score (nSPS) is 14.2. The first-order valence-electron chi connectivity index (χ1n) is 9.09. The monoisotopic (exact) mass is 332 g/mol. The molecule has 1 saturated carbocycles. The number of para-hydroxylation sites is 1. The zero-order chi connectivity index (χ0) is 17.4. The molecule has 0 bridgehead atoms. The Bertz CT molecular complexity index is 855. The van der Waals surface area contributed by atoms with Crippen molar-refractivity contribution in [1.29, 1.82) is 0 Å². The van der Waals surface area contributed by atoms with Crippen molar-refractivity contribution in [2.75, 3.05) is 0 Å². The summed E-state index contributed by atoms with van der Waals surface area (Å²) in [6.45, 7) is 5.08. The lowest BCUT2D eigenvalue weighted by molar-refractivity contribution is 0.0725. The van der Waals surface area contributed by atoms with Gasteiger partial charge in [-0.25, -0.2) is 0 Å². The summed E-state index contributed by atoms with van der Waals surface area (Å²) in [5, 5.41) is 1.09. The third-order valence-electron chi connectivity index (χ3n) is 5.01. The van der Waals surface area contributed by atoms with Crippen molar-refractivity contribution < 1.29 is 4.79 Å². The van der Waals surface area contributed by atoms with Crippen molar-refractivity contribution in [2.24, 2.45) is 0 Å². The van der Waals surface area contributed by atoms with Crippen LogP contribution in [0.3, 0.4) is 0 Å². The Morgan fingerprint density at radius 3 is 2.48 bits per heavy atom. The van der Waals surface area contributed by atoms with Gasteiger partial charge in [-0.1, -0.05) is 56.3 Å². The van der Waals surface area contributed by atoms with Gasteiger partial charge in [-0.3, -0.25) is 4.79 Å². The first-order chi connectivity index (χ1) is 12.1. The number of rotatable bonds is 5. The van der Waals surface area contributed by atoms with Gasteiger partial charge >= 0.3 is 0 Å². The molecule has 3 aromatic rings. The van der Waals surface area contributed by atoms with Crippen molar-refractivity contribution in [3.05, 3.63) is 71.4 Å². The number of benzene rings is 2. The van der Waals surface area contributed by atoms with Crippen LogP contribution >= 0.6 is 0 Å². The molecule has 1 amide bonds. The smallest absolute Gasteiger partial charge is 0.270 e. The van der Waals surface area contributed by atoms with Gasteiger partial charge in [0.05, 0.1) is 0 Å². The van der Waals surface area contributed by atoms with Crippen LogP contribution in [-0.4, -0.2) is 21.8 Å². The molecule has 2 aromatic carbocycles. The molecule has 128 valence electrons. The maximum Gasteiger partial charge on any atom is 0.270 e. The maximum absolute atomic E-state index is 13.1. The summed E-state index contributed by atoms with van der Waals surface area (Å²) in [7, 11) is 0. The Kier molecular flexibility index (Phi) is 4.08. The third-order valence-corrected chi connectivity index (χ3v) is 5.01. The van der Waals surface area contributed by atoms with E-state index in [-0.39, 0.29) is 5.91 Å². The minimum Gasteiger partial charge on any atom is -0.351 e. The highest BCUT2D eigenvalue weighted by Gasteiger charge is 2.33. The van der Waals surface area contributed by atoms with E-state index in [4.69, 9.17) is 0 Å². The van der Waals surface area contributed by atoms with Crippen LogP contribution in [0.2, 0.25) is 0 Å². The molecule has 0 unspecified atom stereocenters. The molecule has 0 atom stereocenters. The molecule has 0 spiro atoms. The molecule has 1 aromatic heterocycles. The lowest BCUT2D eigenvalue weighted by Gasteiger charge is -2.22. The average molecular weight is 332 g/mol. The van der Waals surface area contributed by atoms with Crippen molar-refractivity contribution in [2.45, 2.75) is 45.2 Å². The number of aromatic nitrogens is 1. The second-order valence-electron chi connectivity index (χ2n) is 7.33. The van der Waals surface area contributed by atoms with E-state index >= 15 is 0 Å². The molecule has 1 aliphatic carbocycles. The van der Waals surface area contributed by atoms with Gasteiger partial charge in [-0.15, -0.1) is 0 Å². The summed E-state index contributed by atoms with van der Waals surface area (Å²) < 4.78 is 0. The standard InChI is InChI=1S/C22H24N2O/c1-15(2)17-9-7-16(8-10-17)14-24(19-11-12-19)22(25)21-13-18-5-3-4-6-20(18)23-21/h3-10,13,15,19,23H,11-12,14H2,1-2H3. The Morgan fingerprint density at radius 2 is 1.84 bits per heavy atom. The van der Waals surface area contributed by atoms with Crippen LogP contribution < -0.4 is 0 Å². The van der Waals surface area contributed by atoms with Crippen molar-refractivity contribution in [1.82, 2.24) is 9.88 Å². The van der Waals surface area contributed by atoms with Crippen LogP contribution in [0.5, 0.6) is 0 Å². The zero-order valence-corrected chi connectivity index (χ0v) is 14.8. The molecule has 1 heterocycles. The Labute approximate surface area is 148 Å². The molecule has 0 aliphatic heterocycles. The summed E-state index contributed by atoms with van der Waals surface area (Å²) in [5.74, 6) is 0.633. The Balaban J connectivity index is 1.57. The van der Waals surface area contributed by atoms with Crippen LogP contribution in [0.25, 0.3) is 10.9 Å². The summed E-state index contributed by atoms with van der Waals surface area (Å²) in [6.07, 6.45) is 2.21. The highest BCUT2D eigenvalue weighted by molar-refractivity contribution is 5.98. The topological polar surface area (TPSA) is 36.1 Å². The van der Waals surface area contributed by atoms with Gasteiger partial charge < -0.3 is 9.88 Å². The van der Waals surface area contributed by atoms with Gasteiger partial charge in [-0.05, 0) is 42.0 Å². The lowest BCUT2D eigenvalue weighted by atomic mass is 10.0. The van der Waals surface area contributed by atoms with Crippen LogP contribution in [0.1, 0.15) is 54.2 Å². The number of nitrogens with one attached hydrogen (secondary N) is 1. The van der Waals surface area contributed by atoms with E-state index in [2.05, 4.69) is 43.1 Å². The van der Waals surface area contributed by atoms with Crippen LogP contribution in [0.15, 0.2) is 54.6 Å². The molecule has 3 heteroatoms. The van der Waals surface area contributed by atoms with Crippen LogP contribution in [0, 0.1) is 0 Å². The van der Waals surface area contributed by atoms with Crippen molar-refractivity contribution in [3.8, 4) is 0 Å². The van der Waals surface area contributed by atoms with E-state index in [1.165, 1.54) is 11.1 Å². The SMILES string of the molecule is CC(C)c1ccc(CN(C(=O)c2cc3ccccc3[nH]2)C2CC2)cc1. The van der Waals surface area contributed by atoms with E-state index in [0.717, 1.165) is 23.7 Å². The summed E-state index contributed by atoms with van der Waals surface area (Å²) in [6, 6.07) is 19.1. The quantitative estimate of drug-likeness (QED) is 0.693. The third kappa shape index (κ3) is 3.32. The molecule has 1 aliphatic rings. The van der Waals surface area contributed by atoms with E-state index < -0.39 is 0 Å². The van der Waals surface area contributed by atoms with Crippen LogP contribution in [-0.2, 0) is 6.54 Å². The minimum absolute atomic E-state index is 0.103. The summed E-state index contributed by atoms with van der Waals surface area (Å²) in [4.78, 5) is 18.4. The molecule has 0 radical (unpaired) electrons. The summed E-state index contributed by atoms with van der Waals surface area (Å²) in [5.41, 5.74) is 4.24. The van der Waals surface area contributed by atoms with E-state index in [1.54, 1.807) is 0 Å².